The fourth-order valence-corrected chi connectivity index (χ4v) is 8.11. The number of rotatable bonds is 5. The number of hydrogen-bond acceptors (Lipinski definition) is 4. The summed E-state index contributed by atoms with van der Waals surface area (Å²) >= 11 is 45.1. The Kier molecular flexibility index (Phi) is 6.79. The first-order valence-corrected chi connectivity index (χ1v) is 13.4. The molecule has 1 saturated heterocycles. The number of nitrogens with zero attached hydrogens (tertiary/aromatic N) is 2. The molecule has 1 heterocycles. The number of amides is 3. The third-order valence-electron chi connectivity index (χ3n) is 6.91. The normalized spacial score (nSPS) is 29.2. The van der Waals surface area contributed by atoms with Crippen molar-refractivity contribution in [3.63, 3.8) is 0 Å². The van der Waals surface area contributed by atoms with Crippen LogP contribution in [0.25, 0.3) is 0 Å². The van der Waals surface area contributed by atoms with E-state index in [9.17, 15) is 23.6 Å². The van der Waals surface area contributed by atoms with Crippen molar-refractivity contribution in [3.05, 3.63) is 80.6 Å². The largest absolute Gasteiger partial charge is 0.292 e. The van der Waals surface area contributed by atoms with Crippen LogP contribution in [0.5, 0.6) is 0 Å². The number of Topliss-reactive ketones (excluding diaryl/α,β-unsaturated/α-hetero) is 1. The highest BCUT2D eigenvalue weighted by atomic mass is 35.5. The number of fused-ring (bicyclic) bond motifs is 5. The van der Waals surface area contributed by atoms with E-state index in [4.69, 9.17) is 81.2 Å². The molecule has 14 heteroatoms. The molecule has 0 spiro atoms. The summed E-state index contributed by atoms with van der Waals surface area (Å²) < 4.78 is 11.2. The molecule has 2 aromatic rings. The molecule has 38 heavy (non-hydrogen) atoms. The average molecular weight is 660 g/mol. The van der Waals surface area contributed by atoms with Crippen LogP contribution in [-0.2, 0) is 9.59 Å². The first-order valence-electron chi connectivity index (χ1n) is 10.7. The fourth-order valence-electron chi connectivity index (χ4n) is 5.06. The molecular weight excluding hydrogens is 647 g/mol. The van der Waals surface area contributed by atoms with Crippen molar-refractivity contribution in [2.24, 2.45) is 11.8 Å². The van der Waals surface area contributed by atoms with E-state index in [1.807, 2.05) is 0 Å². The minimum Gasteiger partial charge on any atom is -0.292 e. The van der Waals surface area contributed by atoms with Crippen LogP contribution in [-0.4, -0.2) is 54.1 Å². The monoisotopic (exact) mass is 656 g/mol. The molecule has 1 saturated carbocycles. The second-order valence-corrected chi connectivity index (χ2v) is 12.6. The zero-order valence-electron chi connectivity index (χ0n) is 18.5. The maximum Gasteiger partial charge on any atom is 0.273 e. The van der Waals surface area contributed by atoms with Gasteiger partial charge in [-0.3, -0.25) is 19.2 Å². The number of carbonyl (C=O) groups is 4. The van der Waals surface area contributed by atoms with E-state index in [-0.39, 0.29) is 21.2 Å². The molecule has 4 atom stereocenters. The minimum absolute atomic E-state index is 0.00124. The lowest BCUT2D eigenvalue weighted by Gasteiger charge is -2.36. The van der Waals surface area contributed by atoms with Crippen LogP contribution in [0, 0.1) is 17.7 Å². The van der Waals surface area contributed by atoms with Crippen LogP contribution in [0.2, 0.25) is 5.02 Å². The van der Waals surface area contributed by atoms with Gasteiger partial charge in [0.2, 0.25) is 0 Å². The van der Waals surface area contributed by atoms with Gasteiger partial charge in [0.05, 0.1) is 21.9 Å². The van der Waals surface area contributed by atoms with E-state index in [1.165, 1.54) is 36.4 Å². The summed E-state index contributed by atoms with van der Waals surface area (Å²) in [4.78, 5) is 50.2. The molecule has 3 aliphatic rings. The lowest BCUT2D eigenvalue weighted by molar-refractivity contribution is -0.154. The number of hydrazine groups is 1. The third kappa shape index (κ3) is 3.53. The molecule has 2 aliphatic carbocycles. The lowest BCUT2D eigenvalue weighted by Crippen LogP contribution is -2.56. The second kappa shape index (κ2) is 9.23. The Balaban J connectivity index is 1.59. The van der Waals surface area contributed by atoms with E-state index in [0.29, 0.717) is 15.0 Å². The topological polar surface area (TPSA) is 74.8 Å². The summed E-state index contributed by atoms with van der Waals surface area (Å²) in [6, 6.07) is 10.0. The number of alkyl halides is 4. The quantitative estimate of drug-likeness (QED) is 0.219. The number of hydrogen-bond donors (Lipinski definition) is 0. The molecule has 0 radical (unpaired) electrons. The van der Waals surface area contributed by atoms with Gasteiger partial charge in [0, 0.05) is 16.1 Å². The molecule has 1 aliphatic heterocycles. The maximum absolute atomic E-state index is 13.8. The zero-order chi connectivity index (χ0) is 27.9. The summed E-state index contributed by atoms with van der Waals surface area (Å²) in [6.07, 6.45) is 0. The highest BCUT2D eigenvalue weighted by molar-refractivity contribution is 6.66. The Labute approximate surface area is 250 Å². The van der Waals surface area contributed by atoms with E-state index in [0.717, 1.165) is 12.1 Å². The summed E-state index contributed by atoms with van der Waals surface area (Å²) in [5.41, 5.74) is 0.0249. The van der Waals surface area contributed by atoms with Crippen molar-refractivity contribution >= 4 is 105 Å². The van der Waals surface area contributed by atoms with Gasteiger partial charge < -0.3 is 0 Å². The van der Waals surface area contributed by atoms with Gasteiger partial charge in [0.15, 0.2) is 10.1 Å². The number of ketones is 1. The highest BCUT2D eigenvalue weighted by Gasteiger charge is 2.88. The van der Waals surface area contributed by atoms with Crippen LogP contribution in [0.15, 0.2) is 58.6 Å². The van der Waals surface area contributed by atoms with Gasteiger partial charge in [0.1, 0.15) is 22.1 Å². The molecule has 198 valence electrons. The number of allylic oxidation sites excluding steroid dienone is 2. The van der Waals surface area contributed by atoms with E-state index >= 15 is 0 Å². The standard InChI is InChI=1S/C24H12Cl7FN2O4/c25-12-5-1-11(2-6-12)19(36)33(9-14(35)10-3-7-13(32)8-4-10)34-20(37)15-16(21(34)38)23(29)18(27)17(26)22(15,28)24(23,30)31/h1-8,15-16H,9H2/t15-,16+,22-,23-/m1/s1. The van der Waals surface area contributed by atoms with Crippen LogP contribution < -0.4 is 0 Å². The molecule has 0 unspecified atom stereocenters. The number of halogens is 8. The SMILES string of the molecule is O=C(CN(C(=O)c1ccc(Cl)cc1)N1C(=O)[C@@H]2[C@H](C1=O)[C@@]1(Cl)C(Cl)=C(Cl)[C@@]2(Cl)C1(Cl)Cl)c1ccc(F)cc1. The molecule has 0 N–H and O–H groups in total. The number of benzene rings is 2. The smallest absolute Gasteiger partial charge is 0.273 e. The predicted octanol–water partition coefficient (Wildman–Crippen LogP) is 6.17. The van der Waals surface area contributed by atoms with Crippen molar-refractivity contribution in [1.82, 2.24) is 10.0 Å². The molecule has 2 fully saturated rings. The Bertz CT molecular complexity index is 1400. The molecule has 5 rings (SSSR count). The average Bonchev–Trinajstić information content (AvgIpc) is 3.26. The fraction of sp³-hybridized carbons (Fsp3) is 0.250. The van der Waals surface area contributed by atoms with Gasteiger partial charge in [0.25, 0.3) is 17.7 Å². The zero-order valence-corrected chi connectivity index (χ0v) is 23.8. The first kappa shape index (κ1) is 28.0. The lowest BCUT2D eigenvalue weighted by atomic mass is 9.84. The molecule has 2 bridgehead atoms. The van der Waals surface area contributed by atoms with Crippen molar-refractivity contribution in [2.45, 2.75) is 14.1 Å². The maximum atomic E-state index is 13.8. The number of imide groups is 1. The van der Waals surface area contributed by atoms with Gasteiger partial charge in [-0.1, -0.05) is 58.0 Å². The van der Waals surface area contributed by atoms with E-state index in [1.54, 1.807) is 0 Å². The summed E-state index contributed by atoms with van der Waals surface area (Å²) in [5.74, 6) is -7.24. The predicted molar refractivity (Wildman–Crippen MR) is 142 cm³/mol. The third-order valence-corrected chi connectivity index (χ3v) is 11.4. The van der Waals surface area contributed by atoms with E-state index in [2.05, 4.69) is 0 Å². The Morgan fingerprint density at radius 3 is 1.71 bits per heavy atom. The van der Waals surface area contributed by atoms with Crippen molar-refractivity contribution in [2.75, 3.05) is 6.54 Å². The Morgan fingerprint density at radius 2 is 1.24 bits per heavy atom. The summed E-state index contributed by atoms with van der Waals surface area (Å²) in [5, 5.41) is 0.860. The van der Waals surface area contributed by atoms with Crippen LogP contribution in [0.3, 0.4) is 0 Å². The van der Waals surface area contributed by atoms with Crippen molar-refractivity contribution in [3.8, 4) is 0 Å². The molecular formula is C24H12Cl7FN2O4. The van der Waals surface area contributed by atoms with Crippen LogP contribution in [0.1, 0.15) is 20.7 Å². The minimum atomic E-state index is -2.17. The summed E-state index contributed by atoms with van der Waals surface area (Å²) in [7, 11) is 0. The Morgan fingerprint density at radius 1 is 0.789 bits per heavy atom. The molecule has 2 aromatic carbocycles. The van der Waals surface area contributed by atoms with Gasteiger partial charge in [-0.25, -0.2) is 9.40 Å². The van der Waals surface area contributed by atoms with Crippen LogP contribution >= 0.6 is 81.2 Å². The van der Waals surface area contributed by atoms with Crippen LogP contribution in [0.4, 0.5) is 4.39 Å². The van der Waals surface area contributed by atoms with Gasteiger partial charge in [-0.15, -0.1) is 23.2 Å². The molecule has 0 aromatic heterocycles. The molecule has 3 amide bonds. The second-order valence-electron chi connectivity index (χ2n) is 8.87. The highest BCUT2D eigenvalue weighted by Crippen LogP contribution is 2.77. The van der Waals surface area contributed by atoms with Gasteiger partial charge in [-0.2, -0.15) is 5.01 Å². The van der Waals surface area contributed by atoms with Gasteiger partial charge in [-0.05, 0) is 48.5 Å². The van der Waals surface area contributed by atoms with E-state index < -0.39 is 61.8 Å². The Hall–Kier alpha value is -1.58. The summed E-state index contributed by atoms with van der Waals surface area (Å²) in [6.45, 7) is -0.781. The van der Waals surface area contributed by atoms with Crippen molar-refractivity contribution < 1.29 is 23.6 Å². The number of carbonyl (C=O) groups excluding carboxylic acids is 4. The van der Waals surface area contributed by atoms with Crippen molar-refractivity contribution in [1.29, 1.82) is 0 Å². The molecule has 6 nitrogen and oxygen atoms in total. The first-order chi connectivity index (χ1) is 17.7. The van der Waals surface area contributed by atoms with Gasteiger partial charge >= 0.3 is 0 Å².